The molecule has 1 heterocycles. The molecule has 0 saturated carbocycles. The number of halogens is 1. The lowest BCUT2D eigenvalue weighted by Gasteiger charge is -2.24. The van der Waals surface area contributed by atoms with Crippen molar-refractivity contribution in [2.24, 2.45) is 5.92 Å². The van der Waals surface area contributed by atoms with Crippen molar-refractivity contribution in [3.8, 4) is 0 Å². The minimum absolute atomic E-state index is 0.0710. The molecule has 16 heavy (non-hydrogen) atoms. The van der Waals surface area contributed by atoms with Crippen LogP contribution in [0.15, 0.2) is 0 Å². The Morgan fingerprint density at radius 2 is 1.88 bits per heavy atom. The summed E-state index contributed by atoms with van der Waals surface area (Å²) in [5.74, 6) is 0.447. The molecular weight excluding hydrogens is 268 g/mol. The summed E-state index contributed by atoms with van der Waals surface area (Å²) in [7, 11) is 0. The summed E-state index contributed by atoms with van der Waals surface area (Å²) in [5.41, 5.74) is 0. The number of carbonyl (C=O) groups excluding carboxylic acids is 1. The molecule has 4 heteroatoms. The Balaban J connectivity index is 2.25. The Labute approximate surface area is 107 Å². The van der Waals surface area contributed by atoms with Crippen LogP contribution in [0.4, 0.5) is 0 Å². The molecule has 2 unspecified atom stereocenters. The molecule has 3 nitrogen and oxygen atoms in total. The highest BCUT2D eigenvalue weighted by atomic mass is 79.9. The summed E-state index contributed by atoms with van der Waals surface area (Å²) in [6.45, 7) is 9.39. The molecule has 0 radical (unpaired) electrons. The Hall–Kier alpha value is -0.0900. The van der Waals surface area contributed by atoms with Crippen LogP contribution in [0.2, 0.25) is 0 Å². The lowest BCUT2D eigenvalue weighted by molar-refractivity contribution is -0.121. The molecule has 0 bridgehead atoms. The van der Waals surface area contributed by atoms with Gasteiger partial charge in [0.05, 0.1) is 4.83 Å². The van der Waals surface area contributed by atoms with Gasteiger partial charge in [-0.15, -0.1) is 0 Å². The van der Waals surface area contributed by atoms with E-state index in [9.17, 15) is 4.79 Å². The first kappa shape index (κ1) is 14.0. The van der Waals surface area contributed by atoms with Crippen LogP contribution in [-0.4, -0.2) is 41.3 Å². The molecular formula is C12H23BrN2O. The largest absolute Gasteiger partial charge is 0.354 e. The topological polar surface area (TPSA) is 32.3 Å². The van der Waals surface area contributed by atoms with Crippen LogP contribution in [0.1, 0.15) is 33.6 Å². The van der Waals surface area contributed by atoms with Crippen molar-refractivity contribution in [3.05, 3.63) is 0 Å². The summed E-state index contributed by atoms with van der Waals surface area (Å²) in [6.07, 6.45) is 2.59. The zero-order valence-electron chi connectivity index (χ0n) is 10.5. The lowest BCUT2D eigenvalue weighted by Crippen LogP contribution is -2.43. The fourth-order valence-electron chi connectivity index (χ4n) is 1.96. The van der Waals surface area contributed by atoms with Crippen molar-refractivity contribution < 1.29 is 4.79 Å². The third kappa shape index (κ3) is 4.06. The summed E-state index contributed by atoms with van der Waals surface area (Å²) in [5, 5.41) is 3.01. The van der Waals surface area contributed by atoms with E-state index in [0.29, 0.717) is 12.0 Å². The van der Waals surface area contributed by atoms with Crippen LogP contribution < -0.4 is 5.32 Å². The van der Waals surface area contributed by atoms with Crippen molar-refractivity contribution in [2.45, 2.75) is 44.5 Å². The van der Waals surface area contributed by atoms with Gasteiger partial charge in [-0.2, -0.15) is 0 Å². The maximum Gasteiger partial charge on any atom is 0.234 e. The van der Waals surface area contributed by atoms with Gasteiger partial charge in [0.2, 0.25) is 5.91 Å². The van der Waals surface area contributed by atoms with E-state index in [1.165, 1.54) is 25.9 Å². The van der Waals surface area contributed by atoms with E-state index in [2.05, 4.69) is 33.1 Å². The molecule has 0 spiro atoms. The number of nitrogens with one attached hydrogen (secondary N) is 1. The first-order valence-corrected chi connectivity index (χ1v) is 7.09. The highest BCUT2D eigenvalue weighted by molar-refractivity contribution is 9.10. The number of likely N-dealkylation sites (tertiary alicyclic amines) is 1. The third-order valence-electron chi connectivity index (χ3n) is 3.17. The Bertz CT molecular complexity index is 227. The normalized spacial score (nSPS) is 21.1. The quantitative estimate of drug-likeness (QED) is 0.786. The molecule has 0 aliphatic carbocycles. The van der Waals surface area contributed by atoms with Crippen molar-refractivity contribution in [1.29, 1.82) is 0 Å². The van der Waals surface area contributed by atoms with E-state index in [1.54, 1.807) is 0 Å². The first-order chi connectivity index (χ1) is 7.52. The fraction of sp³-hybridized carbons (Fsp3) is 0.917. The van der Waals surface area contributed by atoms with Gasteiger partial charge in [0.15, 0.2) is 0 Å². The fourth-order valence-corrected chi connectivity index (χ4v) is 2.12. The molecule has 2 atom stereocenters. The average Bonchev–Trinajstić information content (AvgIpc) is 2.77. The van der Waals surface area contributed by atoms with Gasteiger partial charge >= 0.3 is 0 Å². The van der Waals surface area contributed by atoms with Crippen molar-refractivity contribution in [1.82, 2.24) is 10.2 Å². The summed E-state index contributed by atoms with van der Waals surface area (Å²) >= 11 is 3.42. The van der Waals surface area contributed by atoms with Gasteiger partial charge in [-0.1, -0.05) is 29.8 Å². The predicted molar refractivity (Wildman–Crippen MR) is 70.8 cm³/mol. The molecule has 1 fully saturated rings. The number of hydrogen-bond acceptors (Lipinski definition) is 2. The maximum absolute atomic E-state index is 11.7. The van der Waals surface area contributed by atoms with Gasteiger partial charge in [-0.25, -0.2) is 0 Å². The third-order valence-corrected chi connectivity index (χ3v) is 4.64. The van der Waals surface area contributed by atoms with Crippen molar-refractivity contribution in [2.75, 3.05) is 19.6 Å². The second-order valence-corrected chi connectivity index (χ2v) is 5.97. The van der Waals surface area contributed by atoms with E-state index < -0.39 is 0 Å². The Kier molecular flexibility index (Phi) is 5.76. The molecule has 0 aromatic heterocycles. The van der Waals surface area contributed by atoms with Gasteiger partial charge in [0.1, 0.15) is 0 Å². The van der Waals surface area contributed by atoms with E-state index >= 15 is 0 Å². The number of alkyl halides is 1. The predicted octanol–water partition coefficient (Wildman–Crippen LogP) is 2.01. The minimum Gasteiger partial charge on any atom is -0.354 e. The molecule has 94 valence electrons. The van der Waals surface area contributed by atoms with Crippen LogP contribution in [0.5, 0.6) is 0 Å². The van der Waals surface area contributed by atoms with Gasteiger partial charge in [-0.3, -0.25) is 9.69 Å². The Morgan fingerprint density at radius 1 is 1.31 bits per heavy atom. The molecule has 1 rings (SSSR count). The van der Waals surface area contributed by atoms with Gasteiger partial charge < -0.3 is 5.32 Å². The summed E-state index contributed by atoms with van der Waals surface area (Å²) < 4.78 is 0. The van der Waals surface area contributed by atoms with E-state index in [-0.39, 0.29) is 10.7 Å². The highest BCUT2D eigenvalue weighted by Crippen LogP contribution is 2.13. The summed E-state index contributed by atoms with van der Waals surface area (Å²) in [4.78, 5) is 14.1. The van der Waals surface area contributed by atoms with Crippen LogP contribution >= 0.6 is 15.9 Å². The smallest absolute Gasteiger partial charge is 0.234 e. The number of hydrogen-bond donors (Lipinski definition) is 1. The minimum atomic E-state index is -0.0710. The number of rotatable bonds is 5. The molecule has 1 aliphatic rings. The van der Waals surface area contributed by atoms with Gasteiger partial charge in [0, 0.05) is 12.6 Å². The highest BCUT2D eigenvalue weighted by Gasteiger charge is 2.21. The second-order valence-electron chi connectivity index (χ2n) is 4.98. The average molecular weight is 291 g/mol. The number of carbonyl (C=O) groups is 1. The SMILES string of the molecule is CC(C)C(Br)C(=O)NCC(C)N1CCCC1. The molecule has 1 aliphatic heterocycles. The van der Waals surface area contributed by atoms with Gasteiger partial charge in [0.25, 0.3) is 0 Å². The lowest BCUT2D eigenvalue weighted by atomic mass is 10.1. The number of nitrogens with zero attached hydrogens (tertiary/aromatic N) is 1. The van der Waals surface area contributed by atoms with Crippen LogP contribution in [0, 0.1) is 5.92 Å². The molecule has 0 aromatic carbocycles. The van der Waals surface area contributed by atoms with Crippen molar-refractivity contribution in [3.63, 3.8) is 0 Å². The molecule has 1 N–H and O–H groups in total. The molecule has 1 amide bonds. The molecule has 1 saturated heterocycles. The molecule has 0 aromatic rings. The van der Waals surface area contributed by atoms with E-state index in [4.69, 9.17) is 0 Å². The van der Waals surface area contributed by atoms with Crippen LogP contribution in [0.25, 0.3) is 0 Å². The second kappa shape index (κ2) is 6.60. The van der Waals surface area contributed by atoms with E-state index in [1.807, 2.05) is 13.8 Å². The zero-order valence-corrected chi connectivity index (χ0v) is 12.1. The van der Waals surface area contributed by atoms with Crippen LogP contribution in [-0.2, 0) is 4.79 Å². The van der Waals surface area contributed by atoms with Crippen molar-refractivity contribution >= 4 is 21.8 Å². The first-order valence-electron chi connectivity index (χ1n) is 6.18. The zero-order chi connectivity index (χ0) is 12.1. The maximum atomic E-state index is 11.7. The Morgan fingerprint density at radius 3 is 2.38 bits per heavy atom. The monoisotopic (exact) mass is 290 g/mol. The standard InChI is InChI=1S/C12H23BrN2O/c1-9(2)11(13)12(16)14-8-10(3)15-6-4-5-7-15/h9-11H,4-8H2,1-3H3,(H,14,16). The van der Waals surface area contributed by atoms with Crippen LogP contribution in [0.3, 0.4) is 0 Å². The number of amides is 1. The summed E-state index contributed by atoms with van der Waals surface area (Å²) in [6, 6.07) is 0.457. The van der Waals surface area contributed by atoms with Gasteiger partial charge in [-0.05, 0) is 38.8 Å². The van der Waals surface area contributed by atoms with E-state index in [0.717, 1.165) is 6.54 Å².